The summed E-state index contributed by atoms with van der Waals surface area (Å²) < 4.78 is 10.3. The predicted molar refractivity (Wildman–Crippen MR) is 54.1 cm³/mol. The van der Waals surface area contributed by atoms with Gasteiger partial charge >= 0.3 is 0 Å². The van der Waals surface area contributed by atoms with Crippen LogP contribution in [0.4, 0.5) is 0 Å². The van der Waals surface area contributed by atoms with Gasteiger partial charge in [0.25, 0.3) is 0 Å². The van der Waals surface area contributed by atoms with Crippen molar-refractivity contribution in [2.24, 2.45) is 5.73 Å². The van der Waals surface area contributed by atoms with Gasteiger partial charge in [0, 0.05) is 18.6 Å². The first kappa shape index (κ1) is 10.6. The van der Waals surface area contributed by atoms with Crippen molar-refractivity contribution in [3.63, 3.8) is 0 Å². The third kappa shape index (κ3) is 2.54. The van der Waals surface area contributed by atoms with Gasteiger partial charge in [-0.15, -0.1) is 0 Å². The van der Waals surface area contributed by atoms with E-state index in [1.54, 1.807) is 0 Å². The van der Waals surface area contributed by atoms with Crippen molar-refractivity contribution in [3.8, 4) is 0 Å². The molecule has 0 radical (unpaired) electrons. The zero-order valence-corrected chi connectivity index (χ0v) is 9.03. The molecule has 1 fully saturated rings. The van der Waals surface area contributed by atoms with Gasteiger partial charge in [-0.05, 0) is 26.2 Å². The highest BCUT2D eigenvalue weighted by molar-refractivity contribution is 5.00. The summed E-state index contributed by atoms with van der Waals surface area (Å²) in [5, 5.41) is 3.83. The van der Waals surface area contributed by atoms with E-state index in [1.165, 1.54) is 6.42 Å². The molecule has 5 nitrogen and oxygen atoms in total. The van der Waals surface area contributed by atoms with Crippen molar-refractivity contribution in [2.45, 2.75) is 44.8 Å². The Labute approximate surface area is 89.0 Å². The molecule has 15 heavy (non-hydrogen) atoms. The molecule has 1 aromatic rings. The van der Waals surface area contributed by atoms with Crippen LogP contribution in [0.25, 0.3) is 0 Å². The maximum Gasteiger partial charge on any atom is 0.228 e. The Morgan fingerprint density at radius 2 is 2.33 bits per heavy atom. The fraction of sp³-hybridized carbons (Fsp3) is 0.800. The second-order valence-electron chi connectivity index (χ2n) is 4.13. The Kier molecular flexibility index (Phi) is 3.02. The lowest BCUT2D eigenvalue weighted by Gasteiger charge is -2.36. The topological polar surface area (TPSA) is 74.2 Å². The van der Waals surface area contributed by atoms with E-state index in [4.69, 9.17) is 15.0 Å². The Bertz CT molecular complexity index is 320. The summed E-state index contributed by atoms with van der Waals surface area (Å²) in [6, 6.07) is 0. The van der Waals surface area contributed by atoms with E-state index in [0.717, 1.165) is 12.8 Å². The van der Waals surface area contributed by atoms with Crippen LogP contribution in [0, 0.1) is 0 Å². The van der Waals surface area contributed by atoms with Gasteiger partial charge in [0.1, 0.15) is 6.61 Å². The zero-order chi connectivity index (χ0) is 10.7. The Hall–Kier alpha value is -0.940. The third-order valence-electron chi connectivity index (χ3n) is 2.80. The average molecular weight is 211 g/mol. The minimum atomic E-state index is -0.102. The molecule has 2 N–H and O–H groups in total. The SMILES string of the molecule is CCOCc1noc(CC2(N)CCC2)n1. The van der Waals surface area contributed by atoms with Gasteiger partial charge < -0.3 is 15.0 Å². The average Bonchev–Trinajstić information content (AvgIpc) is 2.60. The van der Waals surface area contributed by atoms with Crippen LogP contribution < -0.4 is 5.73 Å². The van der Waals surface area contributed by atoms with E-state index in [0.29, 0.717) is 31.3 Å². The number of hydrogen-bond donors (Lipinski definition) is 1. The van der Waals surface area contributed by atoms with E-state index in [2.05, 4.69) is 10.1 Å². The molecule has 1 aromatic heterocycles. The molecule has 0 atom stereocenters. The molecule has 0 aromatic carbocycles. The molecular formula is C10H17N3O2. The summed E-state index contributed by atoms with van der Waals surface area (Å²) in [5.41, 5.74) is 5.98. The first-order valence-electron chi connectivity index (χ1n) is 5.40. The normalized spacial score (nSPS) is 18.8. The molecule has 0 saturated heterocycles. The zero-order valence-electron chi connectivity index (χ0n) is 9.03. The van der Waals surface area contributed by atoms with Gasteiger partial charge in [0.15, 0.2) is 5.82 Å². The van der Waals surface area contributed by atoms with E-state index in [-0.39, 0.29) is 5.54 Å². The molecule has 0 spiro atoms. The van der Waals surface area contributed by atoms with Crippen LogP contribution in [0.1, 0.15) is 37.9 Å². The molecular weight excluding hydrogens is 194 g/mol. The summed E-state index contributed by atoms with van der Waals surface area (Å²) in [5.74, 6) is 1.24. The number of ether oxygens (including phenoxy) is 1. The third-order valence-corrected chi connectivity index (χ3v) is 2.80. The Balaban J connectivity index is 1.89. The maximum absolute atomic E-state index is 6.09. The molecule has 2 rings (SSSR count). The number of hydrogen-bond acceptors (Lipinski definition) is 5. The smallest absolute Gasteiger partial charge is 0.228 e. The number of aromatic nitrogens is 2. The largest absolute Gasteiger partial charge is 0.374 e. The number of rotatable bonds is 5. The first-order chi connectivity index (χ1) is 7.22. The van der Waals surface area contributed by atoms with Crippen molar-refractivity contribution in [2.75, 3.05) is 6.61 Å². The van der Waals surface area contributed by atoms with Gasteiger partial charge in [-0.3, -0.25) is 0 Å². The van der Waals surface area contributed by atoms with Crippen molar-refractivity contribution in [3.05, 3.63) is 11.7 Å². The monoisotopic (exact) mass is 211 g/mol. The van der Waals surface area contributed by atoms with Crippen molar-refractivity contribution in [1.29, 1.82) is 0 Å². The predicted octanol–water partition coefficient (Wildman–Crippen LogP) is 1.03. The van der Waals surface area contributed by atoms with Crippen LogP contribution in [0.15, 0.2) is 4.52 Å². The molecule has 1 heterocycles. The second-order valence-corrected chi connectivity index (χ2v) is 4.13. The van der Waals surface area contributed by atoms with Crippen molar-refractivity contribution < 1.29 is 9.26 Å². The number of nitrogens with two attached hydrogens (primary N) is 1. The fourth-order valence-electron chi connectivity index (χ4n) is 1.72. The van der Waals surface area contributed by atoms with Crippen molar-refractivity contribution >= 4 is 0 Å². The fourth-order valence-corrected chi connectivity index (χ4v) is 1.72. The van der Waals surface area contributed by atoms with Gasteiger partial charge in [-0.1, -0.05) is 5.16 Å². The highest BCUT2D eigenvalue weighted by atomic mass is 16.5. The molecule has 0 unspecified atom stereocenters. The maximum atomic E-state index is 6.09. The van der Waals surface area contributed by atoms with E-state index in [1.807, 2.05) is 6.92 Å². The van der Waals surface area contributed by atoms with Gasteiger partial charge in [-0.25, -0.2) is 0 Å². The van der Waals surface area contributed by atoms with Crippen LogP contribution >= 0.6 is 0 Å². The second kappa shape index (κ2) is 4.28. The summed E-state index contributed by atoms with van der Waals surface area (Å²) in [6.07, 6.45) is 3.99. The quantitative estimate of drug-likeness (QED) is 0.787. The molecule has 0 aliphatic heterocycles. The minimum Gasteiger partial charge on any atom is -0.374 e. The number of nitrogens with zero attached hydrogens (tertiary/aromatic N) is 2. The summed E-state index contributed by atoms with van der Waals surface area (Å²) in [4.78, 5) is 4.23. The van der Waals surface area contributed by atoms with Gasteiger partial charge in [0.2, 0.25) is 5.89 Å². The van der Waals surface area contributed by atoms with E-state index >= 15 is 0 Å². The standard InChI is InChI=1S/C10H17N3O2/c1-2-14-7-8-12-9(15-13-8)6-10(11)4-3-5-10/h2-7,11H2,1H3. The lowest BCUT2D eigenvalue weighted by molar-refractivity contribution is 0.126. The van der Waals surface area contributed by atoms with Gasteiger partial charge in [-0.2, -0.15) is 4.98 Å². The van der Waals surface area contributed by atoms with E-state index in [9.17, 15) is 0 Å². The van der Waals surface area contributed by atoms with Crippen LogP contribution in [-0.2, 0) is 17.8 Å². The molecule has 1 aliphatic carbocycles. The summed E-state index contributed by atoms with van der Waals surface area (Å²) in [7, 11) is 0. The highest BCUT2D eigenvalue weighted by Crippen LogP contribution is 2.31. The lowest BCUT2D eigenvalue weighted by atomic mass is 9.75. The van der Waals surface area contributed by atoms with Crippen LogP contribution in [-0.4, -0.2) is 22.3 Å². The van der Waals surface area contributed by atoms with Crippen molar-refractivity contribution in [1.82, 2.24) is 10.1 Å². The summed E-state index contributed by atoms with van der Waals surface area (Å²) in [6.45, 7) is 3.01. The minimum absolute atomic E-state index is 0.102. The van der Waals surface area contributed by atoms with E-state index < -0.39 is 0 Å². The molecule has 5 heteroatoms. The van der Waals surface area contributed by atoms with Gasteiger partial charge in [0.05, 0.1) is 0 Å². The highest BCUT2D eigenvalue weighted by Gasteiger charge is 2.34. The Morgan fingerprint density at radius 1 is 1.53 bits per heavy atom. The van der Waals surface area contributed by atoms with Crippen LogP contribution in [0.2, 0.25) is 0 Å². The molecule has 84 valence electrons. The molecule has 0 bridgehead atoms. The molecule has 1 saturated carbocycles. The molecule has 0 amide bonds. The summed E-state index contributed by atoms with van der Waals surface area (Å²) >= 11 is 0. The van der Waals surface area contributed by atoms with Crippen LogP contribution in [0.3, 0.4) is 0 Å². The Morgan fingerprint density at radius 3 is 2.93 bits per heavy atom. The van der Waals surface area contributed by atoms with Crippen LogP contribution in [0.5, 0.6) is 0 Å². The lowest BCUT2D eigenvalue weighted by Crippen LogP contribution is -2.48. The molecule has 1 aliphatic rings. The first-order valence-corrected chi connectivity index (χ1v) is 5.40.